The zero-order valence-corrected chi connectivity index (χ0v) is 16.3. The van der Waals surface area contributed by atoms with Gasteiger partial charge >= 0.3 is 0 Å². The zero-order chi connectivity index (χ0) is 17.4. The monoisotopic (exact) mass is 383 g/mol. The molecule has 0 radical (unpaired) electrons. The predicted octanol–water partition coefficient (Wildman–Crippen LogP) is 4.40. The fourth-order valence-corrected chi connectivity index (χ4v) is 3.17. The third-order valence-electron chi connectivity index (χ3n) is 3.74. The molecule has 138 valence electrons. The van der Waals surface area contributed by atoms with Gasteiger partial charge in [0, 0.05) is 17.4 Å². The minimum absolute atomic E-state index is 0. The molecule has 0 saturated carbocycles. The number of aryl methyl sites for hydroxylation is 1. The van der Waals surface area contributed by atoms with Crippen LogP contribution in [0.25, 0.3) is 11.3 Å². The van der Waals surface area contributed by atoms with Gasteiger partial charge in [-0.3, -0.25) is 4.79 Å². The molecule has 2 aromatic rings. The van der Waals surface area contributed by atoms with Crippen LogP contribution in [0.2, 0.25) is 0 Å². The normalized spacial score (nSPS) is 10.2. The van der Waals surface area contributed by atoms with Crippen LogP contribution in [0.3, 0.4) is 0 Å². The van der Waals surface area contributed by atoms with Crippen LogP contribution < -0.4 is 15.8 Å². The number of aromatic nitrogens is 1. The summed E-state index contributed by atoms with van der Waals surface area (Å²) in [6, 6.07) is 5.97. The molecule has 3 N–H and O–H groups in total. The van der Waals surface area contributed by atoms with Gasteiger partial charge in [-0.15, -0.1) is 23.7 Å². The topological polar surface area (TPSA) is 77.2 Å². The van der Waals surface area contributed by atoms with Crippen LogP contribution in [0.15, 0.2) is 23.6 Å². The van der Waals surface area contributed by atoms with Gasteiger partial charge in [-0.2, -0.15) is 0 Å². The highest BCUT2D eigenvalue weighted by atomic mass is 35.5. The summed E-state index contributed by atoms with van der Waals surface area (Å²) in [5.74, 6) is 0.795. The number of amides is 1. The molecule has 5 nitrogen and oxygen atoms in total. The van der Waals surface area contributed by atoms with Gasteiger partial charge < -0.3 is 15.8 Å². The van der Waals surface area contributed by atoms with Crippen LogP contribution in [0.4, 0.5) is 5.13 Å². The summed E-state index contributed by atoms with van der Waals surface area (Å²) in [6.45, 7) is 2.75. The van der Waals surface area contributed by atoms with Gasteiger partial charge in [0.2, 0.25) is 5.91 Å². The second-order valence-electron chi connectivity index (χ2n) is 5.74. The Hall–Kier alpha value is -1.63. The smallest absolute Gasteiger partial charge is 0.226 e. The van der Waals surface area contributed by atoms with Gasteiger partial charge in [0.05, 0.1) is 12.8 Å². The number of nitrogens with two attached hydrogens (primary N) is 1. The van der Waals surface area contributed by atoms with Crippen molar-refractivity contribution in [3.8, 4) is 17.0 Å². The first kappa shape index (κ1) is 21.4. The van der Waals surface area contributed by atoms with E-state index >= 15 is 0 Å². The average Bonchev–Trinajstić information content (AvgIpc) is 3.03. The summed E-state index contributed by atoms with van der Waals surface area (Å²) in [6.07, 6.45) is 4.55. The number of hydrogen-bond acceptors (Lipinski definition) is 5. The number of carbonyl (C=O) groups is 1. The number of carbonyl (C=O) groups excluding carboxylic acids is 1. The largest absolute Gasteiger partial charge is 0.496 e. The fourth-order valence-electron chi connectivity index (χ4n) is 2.44. The minimum Gasteiger partial charge on any atom is -0.496 e. The lowest BCUT2D eigenvalue weighted by molar-refractivity contribution is -0.116. The Labute approximate surface area is 159 Å². The molecule has 0 aliphatic heterocycles. The van der Waals surface area contributed by atoms with E-state index in [4.69, 9.17) is 10.5 Å². The number of halogens is 1. The van der Waals surface area contributed by atoms with E-state index in [9.17, 15) is 4.79 Å². The van der Waals surface area contributed by atoms with E-state index in [-0.39, 0.29) is 18.3 Å². The summed E-state index contributed by atoms with van der Waals surface area (Å²) in [5, 5.41) is 5.44. The maximum absolute atomic E-state index is 12.0. The van der Waals surface area contributed by atoms with Crippen molar-refractivity contribution >= 4 is 34.8 Å². The molecule has 1 heterocycles. The summed E-state index contributed by atoms with van der Waals surface area (Å²) >= 11 is 1.43. The van der Waals surface area contributed by atoms with Crippen LogP contribution >= 0.6 is 23.7 Å². The standard InChI is InChI=1S/C18H25N3O2S.ClH/c1-13-8-9-16(23-2)14(11-13)15-12-24-18(20-15)21-17(22)7-5-3-4-6-10-19;/h8-9,11-12H,3-7,10,19H2,1-2H3,(H,20,21,22);1H. The number of ether oxygens (including phenoxy) is 1. The van der Waals surface area contributed by atoms with Crippen LogP contribution in [-0.4, -0.2) is 24.5 Å². The van der Waals surface area contributed by atoms with Crippen LogP contribution in [0.1, 0.15) is 37.7 Å². The van der Waals surface area contributed by atoms with Crippen molar-refractivity contribution in [2.45, 2.75) is 39.0 Å². The Balaban J connectivity index is 0.00000312. The number of thiazole rings is 1. The quantitative estimate of drug-likeness (QED) is 0.629. The van der Waals surface area contributed by atoms with E-state index in [0.29, 0.717) is 11.6 Å². The van der Waals surface area contributed by atoms with E-state index < -0.39 is 0 Å². The lowest BCUT2D eigenvalue weighted by Crippen LogP contribution is -2.10. The third kappa shape index (κ3) is 6.65. The fraction of sp³-hybridized carbons (Fsp3) is 0.444. The highest BCUT2D eigenvalue weighted by molar-refractivity contribution is 7.14. The van der Waals surface area contributed by atoms with Crippen molar-refractivity contribution in [2.24, 2.45) is 5.73 Å². The molecule has 2 rings (SSSR count). The zero-order valence-electron chi connectivity index (χ0n) is 14.7. The molecular weight excluding hydrogens is 358 g/mol. The molecular formula is C18H26ClN3O2S. The Morgan fingerprint density at radius 3 is 2.76 bits per heavy atom. The van der Waals surface area contributed by atoms with Crippen LogP contribution in [0, 0.1) is 6.92 Å². The van der Waals surface area contributed by atoms with Gasteiger partial charge in [0.15, 0.2) is 5.13 Å². The van der Waals surface area contributed by atoms with Crippen molar-refractivity contribution in [3.05, 3.63) is 29.1 Å². The van der Waals surface area contributed by atoms with Gasteiger partial charge in [-0.1, -0.05) is 24.5 Å². The van der Waals surface area contributed by atoms with Crippen molar-refractivity contribution in [1.29, 1.82) is 0 Å². The lowest BCUT2D eigenvalue weighted by atomic mass is 10.1. The first-order chi connectivity index (χ1) is 11.6. The number of anilines is 1. The number of rotatable bonds is 9. The SMILES string of the molecule is COc1ccc(C)cc1-c1csc(NC(=O)CCCCCCN)n1.Cl. The lowest BCUT2D eigenvalue weighted by Gasteiger charge is -2.07. The Morgan fingerprint density at radius 2 is 2.04 bits per heavy atom. The van der Waals surface area contributed by atoms with E-state index in [1.807, 2.05) is 30.5 Å². The second-order valence-corrected chi connectivity index (χ2v) is 6.60. The molecule has 0 spiro atoms. The molecule has 0 bridgehead atoms. The molecule has 0 unspecified atom stereocenters. The van der Waals surface area contributed by atoms with E-state index in [2.05, 4.69) is 10.3 Å². The predicted molar refractivity (Wildman–Crippen MR) is 107 cm³/mol. The average molecular weight is 384 g/mol. The van der Waals surface area contributed by atoms with Gasteiger partial charge in [0.1, 0.15) is 5.75 Å². The first-order valence-corrected chi connectivity index (χ1v) is 9.12. The second kappa shape index (κ2) is 11.1. The van der Waals surface area contributed by atoms with E-state index in [0.717, 1.165) is 54.8 Å². The number of hydrogen-bond donors (Lipinski definition) is 2. The molecule has 1 aromatic carbocycles. The highest BCUT2D eigenvalue weighted by Crippen LogP contribution is 2.33. The maximum Gasteiger partial charge on any atom is 0.226 e. The molecule has 0 atom stereocenters. The van der Waals surface area contributed by atoms with Gasteiger partial charge in [-0.05, 0) is 38.4 Å². The Morgan fingerprint density at radius 1 is 1.28 bits per heavy atom. The molecule has 0 aliphatic carbocycles. The molecule has 0 saturated heterocycles. The minimum atomic E-state index is 0. The third-order valence-corrected chi connectivity index (χ3v) is 4.50. The van der Waals surface area contributed by atoms with Crippen molar-refractivity contribution in [3.63, 3.8) is 0 Å². The van der Waals surface area contributed by atoms with Crippen molar-refractivity contribution < 1.29 is 9.53 Å². The van der Waals surface area contributed by atoms with Gasteiger partial charge in [0.25, 0.3) is 0 Å². The molecule has 0 aliphatic rings. The number of nitrogens with one attached hydrogen (secondary N) is 1. The Kier molecular flexibility index (Phi) is 9.49. The number of methoxy groups -OCH3 is 1. The summed E-state index contributed by atoms with van der Waals surface area (Å²) in [4.78, 5) is 16.5. The Bertz CT molecular complexity index is 676. The van der Waals surface area contributed by atoms with Crippen molar-refractivity contribution in [2.75, 3.05) is 19.0 Å². The maximum atomic E-state index is 12.0. The first-order valence-electron chi connectivity index (χ1n) is 8.24. The molecule has 1 amide bonds. The number of benzene rings is 1. The summed E-state index contributed by atoms with van der Waals surface area (Å²) in [5.41, 5.74) is 8.36. The summed E-state index contributed by atoms with van der Waals surface area (Å²) in [7, 11) is 1.65. The molecule has 25 heavy (non-hydrogen) atoms. The molecule has 7 heteroatoms. The summed E-state index contributed by atoms with van der Waals surface area (Å²) < 4.78 is 5.40. The van der Waals surface area contributed by atoms with Crippen LogP contribution in [-0.2, 0) is 4.79 Å². The number of nitrogens with zero attached hydrogens (tertiary/aromatic N) is 1. The number of unbranched alkanes of at least 4 members (excludes halogenated alkanes) is 3. The van der Waals surface area contributed by atoms with Crippen LogP contribution in [0.5, 0.6) is 5.75 Å². The molecule has 1 aromatic heterocycles. The highest BCUT2D eigenvalue weighted by Gasteiger charge is 2.12. The molecule has 0 fully saturated rings. The van der Waals surface area contributed by atoms with Crippen molar-refractivity contribution in [1.82, 2.24) is 4.98 Å². The van der Waals surface area contributed by atoms with Gasteiger partial charge in [-0.25, -0.2) is 4.98 Å². The van der Waals surface area contributed by atoms with E-state index in [1.165, 1.54) is 11.3 Å². The van der Waals surface area contributed by atoms with E-state index in [1.54, 1.807) is 7.11 Å².